The van der Waals surface area contributed by atoms with Crippen molar-refractivity contribution in [1.82, 2.24) is 20.0 Å². The molecule has 0 bridgehead atoms. The van der Waals surface area contributed by atoms with Gasteiger partial charge in [-0.15, -0.1) is 0 Å². The maximum absolute atomic E-state index is 12.2. The number of imide groups is 2. The van der Waals surface area contributed by atoms with Crippen LogP contribution in [0.25, 0.3) is 0 Å². The zero-order valence-corrected chi connectivity index (χ0v) is 15.7. The summed E-state index contributed by atoms with van der Waals surface area (Å²) < 4.78 is 5.33. The quantitative estimate of drug-likeness (QED) is 0.471. The van der Waals surface area contributed by atoms with Crippen LogP contribution in [0, 0.1) is 0 Å². The Morgan fingerprint density at radius 1 is 1.12 bits per heavy atom. The van der Waals surface area contributed by atoms with Crippen LogP contribution in [0.3, 0.4) is 0 Å². The number of rotatable bonds is 8. The molecule has 5 amide bonds. The number of unbranched alkanes of at least 4 members (excludes halogenated alkanes) is 1. The van der Waals surface area contributed by atoms with Gasteiger partial charge >= 0.3 is 17.8 Å². The lowest BCUT2D eigenvalue weighted by molar-refractivity contribution is -0.144. The highest BCUT2D eigenvalue weighted by Gasteiger charge is 2.44. The zero-order chi connectivity index (χ0) is 19.3. The Labute approximate surface area is 153 Å². The van der Waals surface area contributed by atoms with Crippen molar-refractivity contribution in [3.8, 4) is 0 Å². The molecule has 2 saturated heterocycles. The van der Waals surface area contributed by atoms with E-state index in [1.54, 1.807) is 0 Å². The molecule has 0 spiro atoms. The number of hydrogen-bond acceptors (Lipinski definition) is 6. The summed E-state index contributed by atoms with van der Waals surface area (Å²) in [6, 6.07) is -0.712. The summed E-state index contributed by atoms with van der Waals surface area (Å²) in [4.78, 5) is 52.2. The van der Waals surface area contributed by atoms with E-state index < -0.39 is 30.3 Å². The Hall–Kier alpha value is -2.00. The highest BCUT2D eigenvalue weighted by atomic mass is 16.5. The van der Waals surface area contributed by atoms with Gasteiger partial charge in [0, 0.05) is 31.7 Å². The normalized spacial score (nSPS) is 19.4. The third-order valence-electron chi connectivity index (χ3n) is 4.76. The molecule has 0 aliphatic carbocycles. The maximum atomic E-state index is 12.2. The molecule has 1 N–H and O–H groups in total. The van der Waals surface area contributed by atoms with Gasteiger partial charge in [0.05, 0.1) is 13.2 Å². The Morgan fingerprint density at radius 3 is 2.35 bits per heavy atom. The lowest BCUT2D eigenvalue weighted by Crippen LogP contribution is -2.56. The van der Waals surface area contributed by atoms with Crippen LogP contribution in [0.2, 0.25) is 0 Å². The molecule has 0 unspecified atom stereocenters. The van der Waals surface area contributed by atoms with E-state index in [0.29, 0.717) is 26.2 Å². The van der Waals surface area contributed by atoms with Crippen molar-refractivity contribution in [3.05, 3.63) is 0 Å². The largest absolute Gasteiger partial charge is 0.379 e. The van der Waals surface area contributed by atoms with Gasteiger partial charge in [0.25, 0.3) is 0 Å². The van der Waals surface area contributed by atoms with E-state index >= 15 is 0 Å². The Bertz CT molecular complexity index is 572. The lowest BCUT2D eigenvalue weighted by Gasteiger charge is -2.40. The van der Waals surface area contributed by atoms with E-state index in [-0.39, 0.29) is 12.1 Å². The van der Waals surface area contributed by atoms with Crippen molar-refractivity contribution >= 4 is 23.8 Å². The van der Waals surface area contributed by atoms with Crippen molar-refractivity contribution in [2.45, 2.75) is 39.2 Å². The van der Waals surface area contributed by atoms with Crippen molar-refractivity contribution < 1.29 is 23.9 Å². The van der Waals surface area contributed by atoms with Gasteiger partial charge in [0.15, 0.2) is 0 Å². The average Bonchev–Trinajstić information content (AvgIpc) is 2.83. The van der Waals surface area contributed by atoms with Gasteiger partial charge in [-0.05, 0) is 20.3 Å². The van der Waals surface area contributed by atoms with Crippen molar-refractivity contribution in [1.29, 1.82) is 0 Å². The molecule has 2 aliphatic heterocycles. The first-order chi connectivity index (χ1) is 12.3. The first kappa shape index (κ1) is 20.3. The van der Waals surface area contributed by atoms with E-state index in [4.69, 9.17) is 4.74 Å². The molecule has 0 atom stereocenters. The van der Waals surface area contributed by atoms with Gasteiger partial charge < -0.3 is 10.1 Å². The molecule has 0 radical (unpaired) electrons. The molecule has 9 heteroatoms. The minimum atomic E-state index is -0.936. The van der Waals surface area contributed by atoms with Crippen molar-refractivity contribution in [2.24, 2.45) is 0 Å². The predicted octanol–water partition coefficient (Wildman–Crippen LogP) is -0.196. The Kier molecular flexibility index (Phi) is 6.71. The topological polar surface area (TPSA) is 99.3 Å². The van der Waals surface area contributed by atoms with Gasteiger partial charge in [-0.1, -0.05) is 13.3 Å². The Balaban J connectivity index is 1.87. The molecule has 9 nitrogen and oxygen atoms in total. The molecule has 2 rings (SSSR count). The van der Waals surface area contributed by atoms with Crippen LogP contribution < -0.4 is 5.32 Å². The predicted molar refractivity (Wildman–Crippen MR) is 93.2 cm³/mol. The fraction of sp³-hybridized carbons (Fsp3) is 0.765. The summed E-state index contributed by atoms with van der Waals surface area (Å²) in [5.74, 6) is -2.25. The number of ether oxygens (including phenoxy) is 1. The number of urea groups is 1. The Morgan fingerprint density at radius 2 is 1.73 bits per heavy atom. The molecule has 0 aromatic heterocycles. The molecule has 0 aromatic rings. The summed E-state index contributed by atoms with van der Waals surface area (Å²) in [7, 11) is 0. The van der Waals surface area contributed by atoms with Gasteiger partial charge in [0.2, 0.25) is 5.91 Å². The number of morpholine rings is 1. The smallest absolute Gasteiger partial charge is 0.334 e. The summed E-state index contributed by atoms with van der Waals surface area (Å²) in [6.45, 7) is 8.96. The second-order valence-electron chi connectivity index (χ2n) is 7.17. The number of carbonyl (C=O) groups excluding carboxylic acids is 4. The maximum Gasteiger partial charge on any atom is 0.334 e. The SMILES string of the molecule is CCCCN1C(=O)C(=O)N(CC(=O)NCC(C)(C)N2CCOCC2)C1=O. The van der Waals surface area contributed by atoms with Crippen LogP contribution in [0.15, 0.2) is 0 Å². The zero-order valence-electron chi connectivity index (χ0n) is 15.7. The summed E-state index contributed by atoms with van der Waals surface area (Å²) >= 11 is 0. The second-order valence-corrected chi connectivity index (χ2v) is 7.17. The number of nitrogens with one attached hydrogen (secondary N) is 1. The minimum absolute atomic E-state index is 0.197. The third-order valence-corrected chi connectivity index (χ3v) is 4.76. The minimum Gasteiger partial charge on any atom is -0.379 e. The molecule has 0 saturated carbocycles. The van der Waals surface area contributed by atoms with Gasteiger partial charge in [-0.2, -0.15) is 0 Å². The molecule has 2 aliphatic rings. The van der Waals surface area contributed by atoms with Crippen LogP contribution >= 0.6 is 0 Å². The molecule has 26 heavy (non-hydrogen) atoms. The summed E-state index contributed by atoms with van der Waals surface area (Å²) in [6.07, 6.45) is 1.42. The van der Waals surface area contributed by atoms with Crippen LogP contribution in [0.4, 0.5) is 4.79 Å². The van der Waals surface area contributed by atoms with E-state index in [9.17, 15) is 19.2 Å². The molecule has 2 heterocycles. The number of hydrogen-bond donors (Lipinski definition) is 1. The third kappa shape index (κ3) is 4.59. The van der Waals surface area contributed by atoms with E-state index in [2.05, 4.69) is 10.2 Å². The van der Waals surface area contributed by atoms with Crippen molar-refractivity contribution in [3.63, 3.8) is 0 Å². The lowest BCUT2D eigenvalue weighted by atomic mass is 10.0. The number of nitrogens with zero attached hydrogens (tertiary/aromatic N) is 3. The van der Waals surface area contributed by atoms with Crippen LogP contribution in [0.1, 0.15) is 33.6 Å². The fourth-order valence-electron chi connectivity index (χ4n) is 3.00. The number of amides is 5. The van der Waals surface area contributed by atoms with Gasteiger partial charge in [-0.3, -0.25) is 24.2 Å². The van der Waals surface area contributed by atoms with E-state index in [1.807, 2.05) is 20.8 Å². The van der Waals surface area contributed by atoms with Gasteiger partial charge in [0.1, 0.15) is 6.54 Å². The standard InChI is InChI=1S/C17H28N4O5/c1-4-5-6-20-14(23)15(24)21(16(20)25)11-13(22)18-12-17(2,3)19-7-9-26-10-8-19/h4-12H2,1-3H3,(H,18,22). The first-order valence-electron chi connectivity index (χ1n) is 9.04. The van der Waals surface area contributed by atoms with Crippen LogP contribution in [-0.2, 0) is 19.1 Å². The summed E-state index contributed by atoms with van der Waals surface area (Å²) in [5.41, 5.74) is -0.276. The van der Waals surface area contributed by atoms with Crippen LogP contribution in [-0.4, -0.2) is 89.9 Å². The van der Waals surface area contributed by atoms with Crippen LogP contribution in [0.5, 0.6) is 0 Å². The fourth-order valence-corrected chi connectivity index (χ4v) is 3.00. The van der Waals surface area contributed by atoms with E-state index in [0.717, 1.165) is 29.3 Å². The second kappa shape index (κ2) is 8.59. The first-order valence-corrected chi connectivity index (χ1v) is 9.04. The van der Waals surface area contributed by atoms with E-state index in [1.165, 1.54) is 0 Å². The average molecular weight is 368 g/mol. The molecule has 146 valence electrons. The highest BCUT2D eigenvalue weighted by molar-refractivity contribution is 6.45. The monoisotopic (exact) mass is 368 g/mol. The molecule has 0 aromatic carbocycles. The van der Waals surface area contributed by atoms with Gasteiger partial charge in [-0.25, -0.2) is 9.69 Å². The molecular formula is C17H28N4O5. The highest BCUT2D eigenvalue weighted by Crippen LogP contribution is 2.16. The molecular weight excluding hydrogens is 340 g/mol. The van der Waals surface area contributed by atoms with Crippen molar-refractivity contribution in [2.75, 3.05) is 45.9 Å². The summed E-state index contributed by atoms with van der Waals surface area (Å²) in [5, 5.41) is 2.76. The molecule has 2 fully saturated rings. The number of carbonyl (C=O) groups is 4.